The molecule has 0 aromatic heterocycles. The van der Waals surface area contributed by atoms with Crippen LogP contribution in [0.5, 0.6) is 0 Å². The van der Waals surface area contributed by atoms with Gasteiger partial charge in [0, 0.05) is 31.8 Å². The van der Waals surface area contributed by atoms with Gasteiger partial charge in [0.15, 0.2) is 0 Å². The van der Waals surface area contributed by atoms with Crippen molar-refractivity contribution in [3.63, 3.8) is 0 Å². The molecule has 0 aromatic carbocycles. The average Bonchev–Trinajstić information content (AvgIpc) is 2.42. The lowest BCUT2D eigenvalue weighted by atomic mass is 10.00. The Bertz CT molecular complexity index is 269. The van der Waals surface area contributed by atoms with E-state index >= 15 is 0 Å². The van der Waals surface area contributed by atoms with E-state index in [1.807, 2.05) is 0 Å². The number of aliphatic hydroxyl groups is 1. The number of nitrogens with zero attached hydrogens (tertiary/aromatic N) is 1. The molecule has 0 amide bonds. The Kier molecular flexibility index (Phi) is 8.74. The molecule has 1 saturated heterocycles. The molecule has 126 valence electrons. The number of likely N-dealkylation sites (tertiary alicyclic amines) is 1. The van der Waals surface area contributed by atoms with Gasteiger partial charge in [0.25, 0.3) is 0 Å². The van der Waals surface area contributed by atoms with E-state index in [0.717, 1.165) is 13.1 Å². The summed E-state index contributed by atoms with van der Waals surface area (Å²) in [7, 11) is 1.65. The largest absolute Gasteiger partial charge is 0.389 e. The Morgan fingerprint density at radius 2 is 2.05 bits per heavy atom. The van der Waals surface area contributed by atoms with Gasteiger partial charge in [-0.05, 0) is 40.2 Å². The number of nitrogens with one attached hydrogen (secondary N) is 1. The molecule has 0 spiro atoms. The molecule has 0 saturated carbocycles. The lowest BCUT2D eigenvalue weighted by Gasteiger charge is -2.38. The maximum atomic E-state index is 10.1. The first kappa shape index (κ1) is 18.8. The zero-order chi connectivity index (χ0) is 15.7. The number of hydrogen-bond donors (Lipinski definition) is 2. The summed E-state index contributed by atoms with van der Waals surface area (Å²) in [5.41, 5.74) is 0.144. The van der Waals surface area contributed by atoms with E-state index in [4.69, 9.17) is 9.47 Å². The van der Waals surface area contributed by atoms with Crippen molar-refractivity contribution in [3.8, 4) is 0 Å². The first-order valence-electron chi connectivity index (χ1n) is 8.16. The fraction of sp³-hybridized carbons (Fsp3) is 1.00. The highest BCUT2D eigenvalue weighted by Gasteiger charge is 2.25. The third kappa shape index (κ3) is 8.73. The lowest BCUT2D eigenvalue weighted by Crippen LogP contribution is -2.51. The summed E-state index contributed by atoms with van der Waals surface area (Å²) in [5, 5.41) is 13.7. The summed E-state index contributed by atoms with van der Waals surface area (Å²) in [6.45, 7) is 10.8. The molecule has 1 aliphatic heterocycles. The topological polar surface area (TPSA) is 54.0 Å². The molecule has 1 fully saturated rings. The minimum atomic E-state index is -0.419. The second-order valence-corrected chi connectivity index (χ2v) is 7.00. The van der Waals surface area contributed by atoms with E-state index in [1.54, 1.807) is 7.11 Å². The molecule has 2 unspecified atom stereocenters. The quantitative estimate of drug-likeness (QED) is 0.628. The van der Waals surface area contributed by atoms with Crippen molar-refractivity contribution in [1.82, 2.24) is 10.2 Å². The van der Waals surface area contributed by atoms with Crippen molar-refractivity contribution in [2.75, 3.05) is 46.6 Å². The number of piperidine rings is 1. The third-order valence-electron chi connectivity index (χ3n) is 3.80. The normalized spacial score (nSPS) is 22.4. The standard InChI is InChI=1S/C16H34N2O3/c1-16(2,3)17-11-14-7-5-6-8-18(14)12-15(19)13-21-10-9-20-4/h14-15,17,19H,5-13H2,1-4H3. The van der Waals surface area contributed by atoms with E-state index in [9.17, 15) is 5.11 Å². The summed E-state index contributed by atoms with van der Waals surface area (Å²) in [5.74, 6) is 0. The minimum Gasteiger partial charge on any atom is -0.389 e. The predicted molar refractivity (Wildman–Crippen MR) is 85.7 cm³/mol. The molecule has 5 nitrogen and oxygen atoms in total. The van der Waals surface area contributed by atoms with Crippen LogP contribution in [-0.2, 0) is 9.47 Å². The van der Waals surface area contributed by atoms with Gasteiger partial charge in [-0.15, -0.1) is 0 Å². The van der Waals surface area contributed by atoms with Gasteiger partial charge in [-0.2, -0.15) is 0 Å². The molecular weight excluding hydrogens is 268 g/mol. The van der Waals surface area contributed by atoms with Crippen molar-refractivity contribution in [3.05, 3.63) is 0 Å². The number of ether oxygens (including phenoxy) is 2. The van der Waals surface area contributed by atoms with Crippen molar-refractivity contribution in [2.45, 2.75) is 57.7 Å². The molecule has 2 N–H and O–H groups in total. The van der Waals surface area contributed by atoms with Crippen molar-refractivity contribution in [1.29, 1.82) is 0 Å². The Morgan fingerprint density at radius 3 is 2.71 bits per heavy atom. The molecule has 0 aliphatic carbocycles. The molecule has 1 rings (SSSR count). The van der Waals surface area contributed by atoms with Crippen LogP contribution >= 0.6 is 0 Å². The van der Waals surface area contributed by atoms with Gasteiger partial charge < -0.3 is 19.9 Å². The third-order valence-corrected chi connectivity index (χ3v) is 3.80. The van der Waals surface area contributed by atoms with Crippen molar-refractivity contribution >= 4 is 0 Å². The fourth-order valence-corrected chi connectivity index (χ4v) is 2.64. The molecule has 5 heteroatoms. The maximum absolute atomic E-state index is 10.1. The smallest absolute Gasteiger partial charge is 0.0900 e. The monoisotopic (exact) mass is 302 g/mol. The SMILES string of the molecule is COCCOCC(O)CN1CCCCC1CNC(C)(C)C. The van der Waals surface area contributed by atoms with Gasteiger partial charge in [-0.25, -0.2) is 0 Å². The molecule has 0 radical (unpaired) electrons. The summed E-state index contributed by atoms with van der Waals surface area (Å²) in [4.78, 5) is 2.41. The summed E-state index contributed by atoms with van der Waals surface area (Å²) in [6, 6.07) is 0.520. The van der Waals surface area contributed by atoms with Crippen molar-refractivity contribution in [2.24, 2.45) is 0 Å². The van der Waals surface area contributed by atoms with Gasteiger partial charge in [0.2, 0.25) is 0 Å². The Hall–Kier alpha value is -0.200. The Balaban J connectivity index is 2.31. The summed E-state index contributed by atoms with van der Waals surface area (Å²) < 4.78 is 10.3. The first-order chi connectivity index (χ1) is 9.92. The van der Waals surface area contributed by atoms with Crippen LogP contribution in [0.4, 0.5) is 0 Å². The summed E-state index contributed by atoms with van der Waals surface area (Å²) >= 11 is 0. The van der Waals surface area contributed by atoms with Crippen LogP contribution in [0.15, 0.2) is 0 Å². The molecular formula is C16H34N2O3. The minimum absolute atomic E-state index is 0.144. The molecule has 0 bridgehead atoms. The van der Waals surface area contributed by atoms with Crippen LogP contribution in [0.2, 0.25) is 0 Å². The van der Waals surface area contributed by atoms with Gasteiger partial charge in [-0.1, -0.05) is 6.42 Å². The van der Waals surface area contributed by atoms with Crippen LogP contribution in [-0.4, -0.2) is 74.3 Å². The molecule has 2 atom stereocenters. The maximum Gasteiger partial charge on any atom is 0.0900 e. The Labute approximate surface area is 130 Å². The highest BCUT2D eigenvalue weighted by molar-refractivity contribution is 4.83. The summed E-state index contributed by atoms with van der Waals surface area (Å²) in [6.07, 6.45) is 3.30. The molecule has 0 aromatic rings. The second kappa shape index (κ2) is 9.74. The second-order valence-electron chi connectivity index (χ2n) is 7.00. The van der Waals surface area contributed by atoms with Crippen LogP contribution in [0, 0.1) is 0 Å². The molecule has 21 heavy (non-hydrogen) atoms. The zero-order valence-electron chi connectivity index (χ0n) is 14.2. The predicted octanol–water partition coefficient (Wildman–Crippen LogP) is 1.25. The highest BCUT2D eigenvalue weighted by Crippen LogP contribution is 2.17. The number of β-amino-alcohol motifs (C(OH)–C–C–N with tert-alkyl or cyclic N) is 1. The van der Waals surface area contributed by atoms with E-state index in [-0.39, 0.29) is 5.54 Å². The lowest BCUT2D eigenvalue weighted by molar-refractivity contribution is -0.0112. The number of aliphatic hydroxyl groups excluding tert-OH is 1. The van der Waals surface area contributed by atoms with Gasteiger partial charge in [0.1, 0.15) is 0 Å². The van der Waals surface area contributed by atoms with Crippen LogP contribution < -0.4 is 5.32 Å². The Morgan fingerprint density at radius 1 is 1.29 bits per heavy atom. The number of methoxy groups -OCH3 is 1. The van der Waals surface area contributed by atoms with Crippen LogP contribution in [0.25, 0.3) is 0 Å². The number of hydrogen-bond acceptors (Lipinski definition) is 5. The fourth-order valence-electron chi connectivity index (χ4n) is 2.64. The first-order valence-corrected chi connectivity index (χ1v) is 8.16. The van der Waals surface area contributed by atoms with Gasteiger partial charge >= 0.3 is 0 Å². The molecule has 1 heterocycles. The zero-order valence-corrected chi connectivity index (χ0v) is 14.2. The molecule has 1 aliphatic rings. The van der Waals surface area contributed by atoms with Crippen LogP contribution in [0.1, 0.15) is 40.0 Å². The highest BCUT2D eigenvalue weighted by atomic mass is 16.5. The van der Waals surface area contributed by atoms with E-state index in [1.165, 1.54) is 19.3 Å². The van der Waals surface area contributed by atoms with Gasteiger partial charge in [0.05, 0.1) is 25.9 Å². The van der Waals surface area contributed by atoms with E-state index < -0.39 is 6.10 Å². The van der Waals surface area contributed by atoms with Gasteiger partial charge in [-0.3, -0.25) is 4.90 Å². The van der Waals surface area contributed by atoms with Crippen molar-refractivity contribution < 1.29 is 14.6 Å². The van der Waals surface area contributed by atoms with E-state index in [0.29, 0.717) is 32.4 Å². The average molecular weight is 302 g/mol. The van der Waals surface area contributed by atoms with E-state index in [2.05, 4.69) is 31.0 Å². The van der Waals surface area contributed by atoms with Crippen LogP contribution in [0.3, 0.4) is 0 Å². The number of rotatable bonds is 9.